The quantitative estimate of drug-likeness (QED) is 0.129. The molecule has 0 saturated heterocycles. The van der Waals surface area contributed by atoms with Gasteiger partial charge in [-0.2, -0.15) is 0 Å². The van der Waals surface area contributed by atoms with Crippen LogP contribution in [0.4, 0.5) is 0 Å². The van der Waals surface area contributed by atoms with E-state index in [0.717, 1.165) is 107 Å². The fourth-order valence-corrected chi connectivity index (χ4v) is 14.8. The van der Waals surface area contributed by atoms with Gasteiger partial charge < -0.3 is 18.3 Å². The van der Waals surface area contributed by atoms with E-state index in [1.165, 1.54) is 83.0 Å². The summed E-state index contributed by atoms with van der Waals surface area (Å²) < 4.78 is 18.0. The Labute approximate surface area is 565 Å². The molecule has 0 unspecified atom stereocenters. The Morgan fingerprint density at radius 3 is 1.44 bits per heavy atom. The normalized spacial score (nSPS) is 13.1. The van der Waals surface area contributed by atoms with Crippen LogP contribution in [0.2, 0.25) is 0 Å². The van der Waals surface area contributed by atoms with E-state index in [2.05, 4.69) is 350 Å². The largest absolute Gasteiger partial charge is 0.488 e. The molecule has 13 aromatic carbocycles. The Morgan fingerprint density at radius 2 is 0.835 bits per heavy atom. The summed E-state index contributed by atoms with van der Waals surface area (Å²) in [4.78, 5) is 0. The molecule has 0 atom stereocenters. The third kappa shape index (κ3) is 10.6. The van der Waals surface area contributed by atoms with Gasteiger partial charge in [-0.25, -0.2) is 0 Å². The standard InChI is InChI=1S/C91H62N2O2.C2H6/c1-2-59(46-73-58-94-89-43-38-66(53-80(73)89)64-36-41-88-82(54-64)79-33-20-21-35-86(79)93(88)75-51-71(62-26-12-5-13-27-62)48-72(52-75)63-28-14-6-15-29-63)76-30-18-19-31-77(76)68-40-45-91-84(57-68)83-56-67(39-44-90(83)95-91)65-37-42-87-81(55-65)78-32-16-7-17-34-85(78)92(87)74-49-69(60-22-8-3-9-23-60)47-70(50-74)61-24-10-4-11-25-61;1-2/h2-33,35-57H,34,58H2,1H3;1-2H3/b59-2+,73-46+;. The highest BCUT2D eigenvalue weighted by molar-refractivity contribution is 6.12. The van der Waals surface area contributed by atoms with E-state index >= 15 is 0 Å². The van der Waals surface area contributed by atoms with Crippen LogP contribution in [0.5, 0.6) is 5.75 Å². The molecule has 1 aliphatic carbocycles. The van der Waals surface area contributed by atoms with Crippen LogP contribution >= 0.6 is 0 Å². The van der Waals surface area contributed by atoms with Crippen molar-refractivity contribution in [1.82, 2.24) is 9.13 Å². The molecule has 18 rings (SSSR count). The van der Waals surface area contributed by atoms with Gasteiger partial charge in [0, 0.05) is 67.1 Å². The van der Waals surface area contributed by atoms with E-state index in [1.54, 1.807) is 0 Å². The molecule has 16 aromatic rings. The van der Waals surface area contributed by atoms with Crippen molar-refractivity contribution in [2.24, 2.45) is 0 Å². The van der Waals surface area contributed by atoms with Crippen LogP contribution in [0.3, 0.4) is 0 Å². The highest BCUT2D eigenvalue weighted by atomic mass is 16.5. The van der Waals surface area contributed by atoms with Gasteiger partial charge in [0.1, 0.15) is 23.5 Å². The first-order valence-electron chi connectivity index (χ1n) is 33.8. The Bertz CT molecular complexity index is 5740. The number of hydrogen-bond donors (Lipinski definition) is 0. The zero-order valence-electron chi connectivity index (χ0n) is 54.4. The lowest BCUT2D eigenvalue weighted by Crippen LogP contribution is -2.01. The second-order valence-electron chi connectivity index (χ2n) is 25.0. The summed E-state index contributed by atoms with van der Waals surface area (Å²) in [6.45, 7) is 6.62. The zero-order valence-corrected chi connectivity index (χ0v) is 54.4. The number of rotatable bonds is 11. The topological polar surface area (TPSA) is 32.2 Å². The molecular formula is C93H68N2O2. The van der Waals surface area contributed by atoms with Gasteiger partial charge in [-0.05, 0) is 205 Å². The van der Waals surface area contributed by atoms with Crippen molar-refractivity contribution < 1.29 is 9.15 Å². The lowest BCUT2D eigenvalue weighted by atomic mass is 9.91. The molecule has 4 heteroatoms. The number of ether oxygens (including phenoxy) is 1. The number of nitrogens with zero attached hydrogens (tertiary/aromatic N) is 2. The van der Waals surface area contributed by atoms with Crippen LogP contribution in [-0.4, -0.2) is 15.7 Å². The number of aromatic nitrogens is 2. The van der Waals surface area contributed by atoms with Crippen LogP contribution in [0.1, 0.15) is 43.2 Å². The minimum Gasteiger partial charge on any atom is -0.488 e. The monoisotopic (exact) mass is 1240 g/mol. The number of furan rings is 1. The van der Waals surface area contributed by atoms with Crippen LogP contribution in [0, 0.1) is 0 Å². The minimum absolute atomic E-state index is 0.487. The maximum atomic E-state index is 6.63. The lowest BCUT2D eigenvalue weighted by molar-refractivity contribution is 0.388. The fraction of sp³-hybridized carbons (Fsp3) is 0.0538. The molecule has 0 saturated carbocycles. The zero-order chi connectivity index (χ0) is 64.9. The maximum Gasteiger partial charge on any atom is 0.135 e. The molecule has 97 heavy (non-hydrogen) atoms. The molecule has 0 N–H and O–H groups in total. The number of fused-ring (bicyclic) bond motifs is 10. The summed E-state index contributed by atoms with van der Waals surface area (Å²) in [5, 5.41) is 5.82. The fourth-order valence-electron chi connectivity index (χ4n) is 14.8. The molecule has 0 fully saturated rings. The van der Waals surface area contributed by atoms with Gasteiger partial charge in [0.25, 0.3) is 0 Å². The van der Waals surface area contributed by atoms with Crippen LogP contribution in [-0.2, 0) is 6.42 Å². The first kappa shape index (κ1) is 58.6. The summed E-state index contributed by atoms with van der Waals surface area (Å²) >= 11 is 0. The van der Waals surface area contributed by atoms with Crippen molar-refractivity contribution in [3.05, 3.63) is 350 Å². The lowest BCUT2D eigenvalue weighted by Gasteiger charge is -2.15. The molecule has 0 bridgehead atoms. The van der Waals surface area contributed by atoms with Gasteiger partial charge >= 0.3 is 0 Å². The molecule has 2 aliphatic rings. The summed E-state index contributed by atoms with van der Waals surface area (Å²) in [7, 11) is 0. The molecular weight excluding hydrogens is 1180 g/mol. The van der Waals surface area contributed by atoms with Crippen molar-refractivity contribution in [2.45, 2.75) is 27.2 Å². The Hall–Kier alpha value is -12.2. The SMILES string of the molecule is C/C=C(\C=C1/COc2ccc(-c3ccc4c(c3)c3ccccc3n4-c3cc(-c4ccccc4)cc(-c4ccccc4)c3)cc21)c1ccccc1-c1ccc2oc3ccc(-c4ccc5c(c4)c4c(n5-c5cc(-c6ccccc6)cc(-c6ccccc6)c5)CC=CC=C4)cc3c2c1.CC. The van der Waals surface area contributed by atoms with E-state index in [1.807, 2.05) is 13.8 Å². The third-order valence-electron chi connectivity index (χ3n) is 19.4. The van der Waals surface area contributed by atoms with Gasteiger partial charge in [0.15, 0.2) is 0 Å². The molecule has 4 heterocycles. The van der Waals surface area contributed by atoms with Crippen molar-refractivity contribution in [1.29, 1.82) is 0 Å². The average molecular weight is 1250 g/mol. The van der Waals surface area contributed by atoms with Crippen LogP contribution in [0.25, 0.3) is 161 Å². The molecule has 0 spiro atoms. The van der Waals surface area contributed by atoms with Crippen molar-refractivity contribution in [3.8, 4) is 95.0 Å². The average Bonchev–Trinajstić information content (AvgIpc) is 1.61. The highest BCUT2D eigenvalue weighted by Gasteiger charge is 2.24. The van der Waals surface area contributed by atoms with E-state index in [-0.39, 0.29) is 0 Å². The molecule has 3 aromatic heterocycles. The van der Waals surface area contributed by atoms with E-state index in [0.29, 0.717) is 6.61 Å². The van der Waals surface area contributed by atoms with E-state index in [4.69, 9.17) is 9.15 Å². The second-order valence-corrected chi connectivity index (χ2v) is 25.0. The highest BCUT2D eigenvalue weighted by Crippen LogP contribution is 2.45. The van der Waals surface area contributed by atoms with Crippen LogP contribution in [0.15, 0.2) is 332 Å². The summed E-state index contributed by atoms with van der Waals surface area (Å²) in [5.41, 5.74) is 30.9. The van der Waals surface area contributed by atoms with Crippen molar-refractivity contribution in [3.63, 3.8) is 0 Å². The van der Waals surface area contributed by atoms with Gasteiger partial charge in [0.2, 0.25) is 0 Å². The number of para-hydroxylation sites is 1. The van der Waals surface area contributed by atoms with Gasteiger partial charge in [-0.3, -0.25) is 0 Å². The molecule has 1 aliphatic heterocycles. The van der Waals surface area contributed by atoms with E-state index < -0.39 is 0 Å². The first-order chi connectivity index (χ1) is 48.0. The Balaban J connectivity index is 0.00000352. The van der Waals surface area contributed by atoms with E-state index in [9.17, 15) is 0 Å². The van der Waals surface area contributed by atoms with Gasteiger partial charge in [-0.1, -0.05) is 238 Å². The first-order valence-corrected chi connectivity index (χ1v) is 33.8. The minimum atomic E-state index is 0.487. The summed E-state index contributed by atoms with van der Waals surface area (Å²) in [6.07, 6.45) is 14.3. The Kier molecular flexibility index (Phi) is 15.0. The second kappa shape index (κ2) is 24.9. The Morgan fingerprint density at radius 1 is 0.361 bits per heavy atom. The third-order valence-corrected chi connectivity index (χ3v) is 19.4. The molecule has 0 amide bonds. The molecule has 4 nitrogen and oxygen atoms in total. The number of benzene rings is 13. The summed E-state index contributed by atoms with van der Waals surface area (Å²) in [6, 6.07) is 108. The molecule has 0 radical (unpaired) electrons. The predicted molar refractivity (Wildman–Crippen MR) is 410 cm³/mol. The maximum absolute atomic E-state index is 6.63. The smallest absolute Gasteiger partial charge is 0.135 e. The van der Waals surface area contributed by atoms with Crippen molar-refractivity contribution in [2.75, 3.05) is 6.61 Å². The van der Waals surface area contributed by atoms with Gasteiger partial charge in [0.05, 0.1) is 16.6 Å². The molecule has 462 valence electrons. The van der Waals surface area contributed by atoms with Gasteiger partial charge in [-0.15, -0.1) is 0 Å². The summed E-state index contributed by atoms with van der Waals surface area (Å²) in [5.74, 6) is 0.898. The predicted octanol–water partition coefficient (Wildman–Crippen LogP) is 25.3. The number of allylic oxidation sites excluding steroid dienone is 6. The van der Waals surface area contributed by atoms with Crippen LogP contribution < -0.4 is 4.74 Å². The van der Waals surface area contributed by atoms with Crippen molar-refractivity contribution >= 4 is 71.9 Å². The number of hydrogen-bond acceptors (Lipinski definition) is 2.